The Kier molecular flexibility index (Phi) is 4.72. The molecular weight excluding hydrogens is 362 g/mol. The lowest BCUT2D eigenvalue weighted by molar-refractivity contribution is 1.09. The van der Waals surface area contributed by atoms with Crippen molar-refractivity contribution in [3.05, 3.63) is 72.4 Å². The quantitative estimate of drug-likeness (QED) is 0.355. The number of nitrogens with one attached hydrogen (secondary N) is 3. The van der Waals surface area contributed by atoms with Crippen LogP contribution in [0.3, 0.4) is 0 Å². The van der Waals surface area contributed by atoms with Gasteiger partial charge in [-0.25, -0.2) is 9.97 Å². The first kappa shape index (κ1) is 16.4. The smallest absolute Gasteiger partial charge is 0.189 e. The predicted octanol–water partition coefficient (Wildman–Crippen LogP) is 4.67. The molecule has 26 heavy (non-hydrogen) atoms. The maximum atomic E-state index is 5.34. The number of thiocarbonyl (C=S) groups is 1. The Labute approximate surface area is 160 Å². The van der Waals surface area contributed by atoms with Crippen LogP contribution in [0.5, 0.6) is 0 Å². The summed E-state index contributed by atoms with van der Waals surface area (Å²) in [6.45, 7) is 0. The molecule has 0 amide bonds. The second-order valence-electron chi connectivity index (χ2n) is 5.49. The van der Waals surface area contributed by atoms with Crippen LogP contribution in [0.15, 0.2) is 72.4 Å². The van der Waals surface area contributed by atoms with Crippen molar-refractivity contribution in [2.24, 2.45) is 0 Å². The van der Waals surface area contributed by atoms with E-state index in [9.17, 15) is 0 Å². The van der Waals surface area contributed by atoms with Gasteiger partial charge in [0.2, 0.25) is 0 Å². The van der Waals surface area contributed by atoms with E-state index in [1.165, 1.54) is 0 Å². The third-order valence-electron chi connectivity index (χ3n) is 3.78. The lowest BCUT2D eigenvalue weighted by Crippen LogP contribution is -2.33. The minimum Gasteiger partial charge on any atom is -0.331 e. The number of fused-ring (bicyclic) bond motifs is 1. The Hall–Kier alpha value is -3.03. The highest BCUT2D eigenvalue weighted by Gasteiger charge is 2.13. The molecule has 0 unspecified atom stereocenters. The van der Waals surface area contributed by atoms with E-state index < -0.39 is 0 Å². The van der Waals surface area contributed by atoms with Crippen molar-refractivity contribution in [1.29, 1.82) is 0 Å². The molecule has 0 fully saturated rings. The van der Waals surface area contributed by atoms with Gasteiger partial charge in [0.15, 0.2) is 10.9 Å². The number of rotatable bonds is 4. The summed E-state index contributed by atoms with van der Waals surface area (Å²) < 4.78 is 0. The zero-order chi connectivity index (χ0) is 17.8. The lowest BCUT2D eigenvalue weighted by Gasteiger charge is -2.13. The normalized spacial score (nSPS) is 10.5. The van der Waals surface area contributed by atoms with Gasteiger partial charge in [-0.15, -0.1) is 11.3 Å². The van der Waals surface area contributed by atoms with Crippen LogP contribution in [0.4, 0.5) is 11.5 Å². The summed E-state index contributed by atoms with van der Waals surface area (Å²) in [6.07, 6.45) is 1.55. The Morgan fingerprint density at radius 1 is 0.923 bits per heavy atom. The Morgan fingerprint density at radius 3 is 2.42 bits per heavy atom. The van der Waals surface area contributed by atoms with Crippen LogP contribution in [0.25, 0.3) is 21.3 Å². The van der Waals surface area contributed by atoms with Crippen LogP contribution < -0.4 is 16.2 Å². The predicted molar refractivity (Wildman–Crippen MR) is 112 cm³/mol. The van der Waals surface area contributed by atoms with Crippen molar-refractivity contribution in [3.8, 4) is 11.1 Å². The number of hydrogen-bond donors (Lipinski definition) is 3. The first-order valence-electron chi connectivity index (χ1n) is 7.97. The molecule has 3 N–H and O–H groups in total. The van der Waals surface area contributed by atoms with Crippen molar-refractivity contribution < 1.29 is 0 Å². The van der Waals surface area contributed by atoms with Crippen molar-refractivity contribution >= 4 is 50.4 Å². The average Bonchev–Trinajstić information content (AvgIpc) is 3.13. The summed E-state index contributed by atoms with van der Waals surface area (Å²) in [5, 5.41) is 6.64. The molecule has 2 heterocycles. The molecule has 0 atom stereocenters. The molecular formula is C19H15N5S2. The highest BCUT2D eigenvalue weighted by atomic mass is 32.1. The first-order chi connectivity index (χ1) is 12.8. The van der Waals surface area contributed by atoms with Gasteiger partial charge in [0.25, 0.3) is 0 Å². The zero-order valence-corrected chi connectivity index (χ0v) is 15.3. The van der Waals surface area contributed by atoms with Gasteiger partial charge in [0.1, 0.15) is 11.2 Å². The van der Waals surface area contributed by atoms with Crippen LogP contribution >= 0.6 is 23.6 Å². The van der Waals surface area contributed by atoms with Crippen LogP contribution in [0.1, 0.15) is 0 Å². The van der Waals surface area contributed by atoms with Crippen LogP contribution in [0.2, 0.25) is 0 Å². The summed E-state index contributed by atoms with van der Waals surface area (Å²) in [5.41, 5.74) is 9.24. The maximum Gasteiger partial charge on any atom is 0.189 e. The number of nitrogens with zero attached hydrogens (tertiary/aromatic N) is 2. The molecule has 0 radical (unpaired) electrons. The van der Waals surface area contributed by atoms with Gasteiger partial charge in [-0.05, 0) is 29.9 Å². The second kappa shape index (κ2) is 7.47. The van der Waals surface area contributed by atoms with E-state index in [-0.39, 0.29) is 0 Å². The standard InChI is InChI=1S/C19H15N5S2/c25-19(22-14-9-5-2-6-10-14)24-23-17-16-15(13-7-3-1-4-8-13)11-26-18(16)21-12-20-17/h1-12H,(H,20,21,23)(H2,22,24,25). The van der Waals surface area contributed by atoms with Gasteiger partial charge in [-0.3, -0.25) is 10.9 Å². The first-order valence-corrected chi connectivity index (χ1v) is 9.26. The highest BCUT2D eigenvalue weighted by molar-refractivity contribution is 7.80. The van der Waals surface area contributed by atoms with Crippen molar-refractivity contribution in [2.75, 3.05) is 10.7 Å². The van der Waals surface area contributed by atoms with E-state index in [4.69, 9.17) is 12.2 Å². The van der Waals surface area contributed by atoms with Crippen molar-refractivity contribution in [2.45, 2.75) is 0 Å². The fourth-order valence-electron chi connectivity index (χ4n) is 2.60. The Morgan fingerprint density at radius 2 is 1.65 bits per heavy atom. The van der Waals surface area contributed by atoms with Gasteiger partial charge in [0, 0.05) is 16.6 Å². The van der Waals surface area contributed by atoms with Gasteiger partial charge in [-0.2, -0.15) is 0 Å². The lowest BCUT2D eigenvalue weighted by atomic mass is 10.1. The number of aromatic nitrogens is 2. The third kappa shape index (κ3) is 3.49. The molecule has 0 aliphatic rings. The van der Waals surface area contributed by atoms with Crippen LogP contribution in [0, 0.1) is 0 Å². The molecule has 2 aromatic carbocycles. The molecule has 4 rings (SSSR count). The summed E-state index contributed by atoms with van der Waals surface area (Å²) in [7, 11) is 0. The van der Waals surface area contributed by atoms with Gasteiger partial charge in [-0.1, -0.05) is 48.5 Å². The van der Waals surface area contributed by atoms with E-state index in [1.54, 1.807) is 17.7 Å². The van der Waals surface area contributed by atoms with E-state index >= 15 is 0 Å². The van der Waals surface area contributed by atoms with Gasteiger partial charge in [0.05, 0.1) is 5.39 Å². The SMILES string of the molecule is S=C(NNc1ncnc2scc(-c3ccccc3)c12)Nc1ccccc1. The summed E-state index contributed by atoms with van der Waals surface area (Å²) in [6, 6.07) is 19.9. The fourth-order valence-corrected chi connectivity index (χ4v) is 3.68. The van der Waals surface area contributed by atoms with Crippen molar-refractivity contribution in [3.63, 3.8) is 0 Å². The topological polar surface area (TPSA) is 61.9 Å². The van der Waals surface area contributed by atoms with Crippen LogP contribution in [-0.2, 0) is 0 Å². The molecule has 0 saturated carbocycles. The molecule has 0 spiro atoms. The third-order valence-corrected chi connectivity index (χ3v) is 4.87. The molecule has 0 saturated heterocycles. The highest BCUT2D eigenvalue weighted by Crippen LogP contribution is 2.35. The number of thiophene rings is 1. The number of para-hydroxylation sites is 1. The van der Waals surface area contributed by atoms with Crippen molar-refractivity contribution in [1.82, 2.24) is 15.4 Å². The number of benzene rings is 2. The van der Waals surface area contributed by atoms with Gasteiger partial charge >= 0.3 is 0 Å². The van der Waals surface area contributed by atoms with E-state index in [0.29, 0.717) is 10.9 Å². The summed E-state index contributed by atoms with van der Waals surface area (Å²) >= 11 is 6.93. The molecule has 4 aromatic rings. The zero-order valence-electron chi connectivity index (χ0n) is 13.6. The fraction of sp³-hybridized carbons (Fsp3) is 0. The maximum absolute atomic E-state index is 5.34. The Balaban J connectivity index is 1.57. The molecule has 0 aliphatic carbocycles. The molecule has 128 valence electrons. The average molecular weight is 377 g/mol. The molecule has 0 aliphatic heterocycles. The molecule has 2 aromatic heterocycles. The van der Waals surface area contributed by atoms with Gasteiger partial charge < -0.3 is 5.32 Å². The van der Waals surface area contributed by atoms with E-state index in [2.05, 4.69) is 43.6 Å². The largest absolute Gasteiger partial charge is 0.331 e. The molecule has 5 nitrogen and oxygen atoms in total. The van der Waals surface area contributed by atoms with E-state index in [1.807, 2.05) is 48.5 Å². The molecule has 7 heteroatoms. The number of hydrogen-bond acceptors (Lipinski definition) is 5. The minimum absolute atomic E-state index is 0.458. The molecule has 0 bridgehead atoms. The van der Waals surface area contributed by atoms with Crippen LogP contribution in [-0.4, -0.2) is 15.1 Å². The number of anilines is 2. The summed E-state index contributed by atoms with van der Waals surface area (Å²) in [5.74, 6) is 0.687. The second-order valence-corrected chi connectivity index (χ2v) is 6.75. The summed E-state index contributed by atoms with van der Waals surface area (Å²) in [4.78, 5) is 9.67. The monoisotopic (exact) mass is 377 g/mol. The minimum atomic E-state index is 0.458. The number of hydrazine groups is 1. The van der Waals surface area contributed by atoms with E-state index in [0.717, 1.165) is 27.0 Å². The Bertz CT molecular complexity index is 1030.